The number of methoxy groups -OCH3 is 1. The van der Waals surface area contributed by atoms with E-state index < -0.39 is 0 Å². The van der Waals surface area contributed by atoms with Crippen molar-refractivity contribution in [3.63, 3.8) is 0 Å². The van der Waals surface area contributed by atoms with Gasteiger partial charge < -0.3 is 10.1 Å². The summed E-state index contributed by atoms with van der Waals surface area (Å²) in [7, 11) is 1.62. The number of thiophene rings is 1. The Bertz CT molecular complexity index is 692. The van der Waals surface area contributed by atoms with E-state index in [4.69, 9.17) is 4.74 Å². The molecular formula is C15H19N3O2S. The van der Waals surface area contributed by atoms with Crippen LogP contribution in [0.1, 0.15) is 45.5 Å². The van der Waals surface area contributed by atoms with Gasteiger partial charge in [0.15, 0.2) is 0 Å². The van der Waals surface area contributed by atoms with E-state index in [9.17, 15) is 4.79 Å². The second-order valence-corrected chi connectivity index (χ2v) is 6.43. The van der Waals surface area contributed by atoms with E-state index in [0.717, 1.165) is 32.2 Å². The monoisotopic (exact) mass is 305 g/mol. The minimum absolute atomic E-state index is 0.0556. The van der Waals surface area contributed by atoms with Crippen molar-refractivity contribution in [1.29, 1.82) is 0 Å². The van der Waals surface area contributed by atoms with Crippen LogP contribution in [0.4, 0.5) is 0 Å². The lowest BCUT2D eigenvalue weighted by atomic mass is 10.1. The van der Waals surface area contributed by atoms with Crippen LogP contribution in [0.3, 0.4) is 0 Å². The highest BCUT2D eigenvalue weighted by molar-refractivity contribution is 7.20. The molecule has 1 N–H and O–H groups in total. The molecular weight excluding hydrogens is 286 g/mol. The third-order valence-electron chi connectivity index (χ3n) is 3.73. The molecule has 6 heteroatoms. The first kappa shape index (κ1) is 14.4. The fourth-order valence-electron chi connectivity index (χ4n) is 2.45. The van der Waals surface area contributed by atoms with Crippen molar-refractivity contribution in [3.8, 4) is 0 Å². The van der Waals surface area contributed by atoms with Gasteiger partial charge in [-0.05, 0) is 32.3 Å². The van der Waals surface area contributed by atoms with Crippen LogP contribution in [-0.4, -0.2) is 36.1 Å². The third kappa shape index (κ3) is 2.78. The standard InChI is InChI=1S/C15H19N3O2S/c1-8-11-9(2)17-13(10-4-5-10)18-15(11)21-12(8)14(19)16-6-7-20-3/h10H,4-7H2,1-3H3,(H,16,19). The molecule has 1 fully saturated rings. The van der Waals surface area contributed by atoms with Gasteiger partial charge in [-0.2, -0.15) is 0 Å². The van der Waals surface area contributed by atoms with E-state index >= 15 is 0 Å². The zero-order valence-electron chi connectivity index (χ0n) is 12.5. The average Bonchev–Trinajstić information content (AvgIpc) is 3.24. The Labute approximate surface area is 127 Å². The summed E-state index contributed by atoms with van der Waals surface area (Å²) >= 11 is 1.46. The molecule has 0 bridgehead atoms. The summed E-state index contributed by atoms with van der Waals surface area (Å²) in [6.45, 7) is 5.00. The first-order valence-corrected chi connectivity index (χ1v) is 7.98. The molecule has 2 aromatic heterocycles. The summed E-state index contributed by atoms with van der Waals surface area (Å²) in [6, 6.07) is 0. The molecule has 112 valence electrons. The molecule has 2 aromatic rings. The van der Waals surface area contributed by atoms with Crippen molar-refractivity contribution in [2.24, 2.45) is 0 Å². The highest BCUT2D eigenvalue weighted by atomic mass is 32.1. The summed E-state index contributed by atoms with van der Waals surface area (Å²) in [5.41, 5.74) is 1.95. The van der Waals surface area contributed by atoms with Crippen molar-refractivity contribution in [3.05, 3.63) is 22.0 Å². The zero-order chi connectivity index (χ0) is 15.0. The molecule has 0 unspecified atom stereocenters. The molecule has 1 saturated carbocycles. The van der Waals surface area contributed by atoms with E-state index in [2.05, 4.69) is 15.3 Å². The van der Waals surface area contributed by atoms with Gasteiger partial charge in [0.05, 0.1) is 17.2 Å². The Kier molecular flexibility index (Phi) is 3.91. The van der Waals surface area contributed by atoms with E-state index in [0.29, 0.717) is 19.1 Å². The van der Waals surface area contributed by atoms with Crippen molar-refractivity contribution in [2.45, 2.75) is 32.6 Å². The molecule has 0 saturated heterocycles. The van der Waals surface area contributed by atoms with Crippen molar-refractivity contribution in [1.82, 2.24) is 15.3 Å². The maximum atomic E-state index is 12.2. The van der Waals surface area contributed by atoms with Gasteiger partial charge in [-0.3, -0.25) is 4.79 Å². The molecule has 0 aromatic carbocycles. The Balaban J connectivity index is 1.94. The van der Waals surface area contributed by atoms with E-state index in [1.165, 1.54) is 24.2 Å². The number of carbonyl (C=O) groups is 1. The number of hydrogen-bond donors (Lipinski definition) is 1. The van der Waals surface area contributed by atoms with Crippen LogP contribution in [0.5, 0.6) is 0 Å². The summed E-state index contributed by atoms with van der Waals surface area (Å²) < 4.78 is 4.95. The fraction of sp³-hybridized carbons (Fsp3) is 0.533. The highest BCUT2D eigenvalue weighted by Gasteiger charge is 2.28. The van der Waals surface area contributed by atoms with Gasteiger partial charge in [-0.25, -0.2) is 9.97 Å². The van der Waals surface area contributed by atoms with Gasteiger partial charge in [0.1, 0.15) is 10.7 Å². The van der Waals surface area contributed by atoms with Crippen molar-refractivity contribution in [2.75, 3.05) is 20.3 Å². The predicted octanol–water partition coefficient (Wildman–Crippen LogP) is 2.56. The number of aromatic nitrogens is 2. The normalized spacial score (nSPS) is 14.6. The Morgan fingerprint density at radius 2 is 2.14 bits per heavy atom. The SMILES string of the molecule is COCCNC(=O)c1sc2nc(C3CC3)nc(C)c2c1C. The van der Waals surface area contributed by atoms with Gasteiger partial charge in [0.25, 0.3) is 5.91 Å². The maximum Gasteiger partial charge on any atom is 0.261 e. The number of amides is 1. The van der Waals surface area contributed by atoms with Gasteiger partial charge >= 0.3 is 0 Å². The topological polar surface area (TPSA) is 64.1 Å². The summed E-state index contributed by atoms with van der Waals surface area (Å²) in [5.74, 6) is 1.40. The molecule has 1 amide bonds. The minimum atomic E-state index is -0.0556. The lowest BCUT2D eigenvalue weighted by molar-refractivity contribution is 0.0940. The first-order chi connectivity index (χ1) is 10.1. The molecule has 1 aliphatic carbocycles. The largest absolute Gasteiger partial charge is 0.383 e. The van der Waals surface area contributed by atoms with Crippen LogP contribution in [0.2, 0.25) is 0 Å². The van der Waals surface area contributed by atoms with Crippen LogP contribution in [-0.2, 0) is 4.74 Å². The molecule has 0 spiro atoms. The molecule has 0 aliphatic heterocycles. The second-order valence-electron chi connectivity index (χ2n) is 5.43. The molecule has 21 heavy (non-hydrogen) atoms. The first-order valence-electron chi connectivity index (χ1n) is 7.16. The molecule has 1 aliphatic rings. The zero-order valence-corrected chi connectivity index (χ0v) is 13.3. The number of hydrogen-bond acceptors (Lipinski definition) is 5. The summed E-state index contributed by atoms with van der Waals surface area (Å²) in [4.78, 5) is 23.2. The molecule has 3 rings (SSSR count). The van der Waals surface area contributed by atoms with E-state index in [1.807, 2.05) is 13.8 Å². The van der Waals surface area contributed by atoms with Crippen molar-refractivity contribution < 1.29 is 9.53 Å². The predicted molar refractivity (Wildman–Crippen MR) is 83.1 cm³/mol. The highest BCUT2D eigenvalue weighted by Crippen LogP contribution is 2.40. The van der Waals surface area contributed by atoms with E-state index in [1.54, 1.807) is 7.11 Å². The van der Waals surface area contributed by atoms with Crippen LogP contribution in [0.25, 0.3) is 10.2 Å². The minimum Gasteiger partial charge on any atom is -0.383 e. The van der Waals surface area contributed by atoms with Gasteiger partial charge in [-0.15, -0.1) is 11.3 Å². The lowest BCUT2D eigenvalue weighted by Crippen LogP contribution is -2.26. The number of ether oxygens (including phenoxy) is 1. The van der Waals surface area contributed by atoms with Gasteiger partial charge in [0.2, 0.25) is 0 Å². The van der Waals surface area contributed by atoms with E-state index in [-0.39, 0.29) is 5.91 Å². The Morgan fingerprint density at radius 1 is 1.38 bits per heavy atom. The molecule has 5 nitrogen and oxygen atoms in total. The van der Waals surface area contributed by atoms with Gasteiger partial charge in [0, 0.05) is 25.0 Å². The van der Waals surface area contributed by atoms with Crippen LogP contribution in [0.15, 0.2) is 0 Å². The van der Waals surface area contributed by atoms with Crippen LogP contribution >= 0.6 is 11.3 Å². The lowest BCUT2D eigenvalue weighted by Gasteiger charge is -2.03. The number of rotatable bonds is 5. The molecule has 0 radical (unpaired) electrons. The number of nitrogens with one attached hydrogen (secondary N) is 1. The summed E-state index contributed by atoms with van der Waals surface area (Å²) in [6.07, 6.45) is 2.36. The fourth-order valence-corrected chi connectivity index (χ4v) is 3.60. The number of nitrogens with zero attached hydrogens (tertiary/aromatic N) is 2. The molecule has 2 heterocycles. The third-order valence-corrected chi connectivity index (χ3v) is 4.91. The van der Waals surface area contributed by atoms with Crippen LogP contribution in [0, 0.1) is 13.8 Å². The smallest absolute Gasteiger partial charge is 0.261 e. The van der Waals surface area contributed by atoms with Gasteiger partial charge in [-0.1, -0.05) is 0 Å². The number of fused-ring (bicyclic) bond motifs is 1. The quantitative estimate of drug-likeness (QED) is 0.862. The summed E-state index contributed by atoms with van der Waals surface area (Å²) in [5, 5.41) is 3.90. The Hall–Kier alpha value is -1.53. The Morgan fingerprint density at radius 3 is 2.81 bits per heavy atom. The number of aryl methyl sites for hydroxylation is 2. The number of carbonyl (C=O) groups excluding carboxylic acids is 1. The van der Waals surface area contributed by atoms with Crippen molar-refractivity contribution >= 4 is 27.5 Å². The second kappa shape index (κ2) is 5.69. The molecule has 0 atom stereocenters. The maximum absolute atomic E-state index is 12.2. The van der Waals surface area contributed by atoms with Crippen LogP contribution < -0.4 is 5.32 Å². The average molecular weight is 305 g/mol.